The van der Waals surface area contributed by atoms with Crippen molar-refractivity contribution in [3.63, 3.8) is 0 Å². The van der Waals surface area contributed by atoms with Crippen LogP contribution in [-0.2, 0) is 9.59 Å². The summed E-state index contributed by atoms with van der Waals surface area (Å²) in [5.41, 5.74) is 0.677. The van der Waals surface area contributed by atoms with Gasteiger partial charge in [-0.3, -0.25) is 9.59 Å². The van der Waals surface area contributed by atoms with Gasteiger partial charge in [0.25, 0.3) is 5.91 Å². The number of carbonyl (C=O) groups excluding carboxylic acids is 2. The summed E-state index contributed by atoms with van der Waals surface area (Å²) >= 11 is 0. The Labute approximate surface area is 173 Å². The van der Waals surface area contributed by atoms with Crippen molar-refractivity contribution in [2.24, 2.45) is 5.41 Å². The van der Waals surface area contributed by atoms with Crippen molar-refractivity contribution in [2.45, 2.75) is 31.8 Å². The van der Waals surface area contributed by atoms with Gasteiger partial charge in [-0.2, -0.15) is 0 Å². The molecule has 1 atom stereocenters. The van der Waals surface area contributed by atoms with E-state index >= 15 is 0 Å². The summed E-state index contributed by atoms with van der Waals surface area (Å²) in [7, 11) is 5.62. The summed E-state index contributed by atoms with van der Waals surface area (Å²) in [4.78, 5) is 30.9. The molecule has 0 aliphatic carbocycles. The van der Waals surface area contributed by atoms with Gasteiger partial charge < -0.3 is 24.5 Å². The summed E-state index contributed by atoms with van der Waals surface area (Å²) in [5.74, 6) is 0.686. The van der Waals surface area contributed by atoms with Crippen molar-refractivity contribution < 1.29 is 19.4 Å². The molecular weight excluding hydrogens is 370 g/mol. The molecule has 7 heteroatoms. The number of aliphatic hydroxyl groups excluding tert-OH is 1. The average molecular weight is 404 g/mol. The van der Waals surface area contributed by atoms with Crippen molar-refractivity contribution in [3.8, 4) is 5.75 Å². The summed E-state index contributed by atoms with van der Waals surface area (Å²) in [6.45, 7) is 3.65. The number of ether oxygens (including phenoxy) is 1. The number of rotatable bonds is 6. The third-order valence-electron chi connectivity index (χ3n) is 6.37. The van der Waals surface area contributed by atoms with E-state index in [-0.39, 0.29) is 17.2 Å². The first kappa shape index (κ1) is 21.6. The van der Waals surface area contributed by atoms with Crippen LogP contribution in [0.5, 0.6) is 5.75 Å². The molecule has 29 heavy (non-hydrogen) atoms. The van der Waals surface area contributed by atoms with Crippen LogP contribution in [0.3, 0.4) is 0 Å². The van der Waals surface area contributed by atoms with Gasteiger partial charge in [-0.1, -0.05) is 12.1 Å². The van der Waals surface area contributed by atoms with E-state index in [4.69, 9.17) is 4.74 Å². The Morgan fingerprint density at radius 2 is 1.86 bits per heavy atom. The van der Waals surface area contributed by atoms with E-state index in [0.717, 1.165) is 38.9 Å². The summed E-state index contributed by atoms with van der Waals surface area (Å²) in [6, 6.07) is 6.95. The molecule has 1 spiro atoms. The highest BCUT2D eigenvalue weighted by atomic mass is 16.5. The predicted molar refractivity (Wildman–Crippen MR) is 111 cm³/mol. The lowest BCUT2D eigenvalue weighted by Gasteiger charge is -2.47. The van der Waals surface area contributed by atoms with Gasteiger partial charge in [0.1, 0.15) is 5.75 Å². The molecule has 2 fully saturated rings. The maximum Gasteiger partial charge on any atom is 0.256 e. The van der Waals surface area contributed by atoms with Gasteiger partial charge in [-0.05, 0) is 56.5 Å². The maximum absolute atomic E-state index is 12.8. The van der Waals surface area contributed by atoms with Crippen molar-refractivity contribution in [2.75, 3.05) is 53.9 Å². The first-order chi connectivity index (χ1) is 13.8. The largest absolute Gasteiger partial charge is 0.497 e. The molecule has 2 aliphatic rings. The van der Waals surface area contributed by atoms with Crippen LogP contribution in [0.25, 0.3) is 0 Å². The Bertz CT molecular complexity index is 711. The number of amides is 2. The minimum absolute atomic E-state index is 0.0993. The van der Waals surface area contributed by atoms with Gasteiger partial charge >= 0.3 is 0 Å². The van der Waals surface area contributed by atoms with Crippen LogP contribution in [0, 0.1) is 5.41 Å². The van der Waals surface area contributed by atoms with Crippen LogP contribution in [0.15, 0.2) is 24.3 Å². The second-order valence-corrected chi connectivity index (χ2v) is 8.62. The number of nitrogens with zero attached hydrogens (tertiary/aromatic N) is 3. The Morgan fingerprint density at radius 3 is 2.45 bits per heavy atom. The van der Waals surface area contributed by atoms with Crippen LogP contribution in [0.1, 0.15) is 37.4 Å². The molecule has 1 N–H and O–H groups in total. The lowest BCUT2D eigenvalue weighted by molar-refractivity contribution is -0.147. The van der Waals surface area contributed by atoms with Crippen LogP contribution in [0.4, 0.5) is 0 Å². The molecule has 0 bridgehead atoms. The number of benzene rings is 1. The molecule has 0 aromatic heterocycles. The minimum Gasteiger partial charge on any atom is -0.497 e. The number of carbonyl (C=O) groups is 2. The lowest BCUT2D eigenvalue weighted by Crippen LogP contribution is -2.53. The summed E-state index contributed by atoms with van der Waals surface area (Å²) < 4.78 is 5.13. The molecule has 7 nitrogen and oxygen atoms in total. The second kappa shape index (κ2) is 9.13. The zero-order valence-corrected chi connectivity index (χ0v) is 17.8. The van der Waals surface area contributed by atoms with Crippen molar-refractivity contribution in [1.29, 1.82) is 0 Å². The summed E-state index contributed by atoms with van der Waals surface area (Å²) in [6.07, 6.45) is 2.09. The Balaban J connectivity index is 1.57. The maximum atomic E-state index is 12.8. The zero-order chi connectivity index (χ0) is 21.0. The molecule has 1 aromatic rings. The minimum atomic E-state index is -1.15. The summed E-state index contributed by atoms with van der Waals surface area (Å²) in [5, 5.41) is 10.5. The highest BCUT2D eigenvalue weighted by Gasteiger charge is 2.42. The molecular formula is C22H33N3O4. The Morgan fingerprint density at radius 1 is 1.21 bits per heavy atom. The number of piperidine rings is 2. The highest BCUT2D eigenvalue weighted by Crippen LogP contribution is 2.40. The first-order valence-electron chi connectivity index (χ1n) is 10.4. The van der Waals surface area contributed by atoms with E-state index in [9.17, 15) is 14.7 Å². The molecule has 1 aromatic carbocycles. The molecule has 2 amide bonds. The Hall–Kier alpha value is -2.12. The van der Waals surface area contributed by atoms with Gasteiger partial charge in [0.2, 0.25) is 5.91 Å². The van der Waals surface area contributed by atoms with E-state index in [1.807, 2.05) is 19.0 Å². The number of aliphatic hydroxyl groups is 1. The normalized spacial score (nSPS) is 20.2. The van der Waals surface area contributed by atoms with Crippen molar-refractivity contribution >= 4 is 11.8 Å². The van der Waals surface area contributed by atoms with E-state index in [1.165, 1.54) is 0 Å². The van der Waals surface area contributed by atoms with Gasteiger partial charge in [0, 0.05) is 39.1 Å². The molecule has 2 saturated heterocycles. The fraction of sp³-hybridized carbons (Fsp3) is 0.636. The van der Waals surface area contributed by atoms with Crippen molar-refractivity contribution in [3.05, 3.63) is 29.8 Å². The van der Waals surface area contributed by atoms with Gasteiger partial charge in [0.15, 0.2) is 6.10 Å². The van der Waals surface area contributed by atoms with Gasteiger partial charge in [-0.15, -0.1) is 0 Å². The molecule has 2 heterocycles. The number of methoxy groups -OCH3 is 1. The Kier molecular flexibility index (Phi) is 6.80. The molecule has 0 unspecified atom stereocenters. The molecule has 3 rings (SSSR count). The van der Waals surface area contributed by atoms with Crippen LogP contribution < -0.4 is 4.74 Å². The SMILES string of the molecule is COc1ccc([C@@H](O)C(=O)N2CCC3(CCC(=O)N(CCN(C)C)C3)CC2)cc1. The number of hydrogen-bond donors (Lipinski definition) is 1. The van der Waals surface area contributed by atoms with Crippen LogP contribution >= 0.6 is 0 Å². The molecule has 2 aliphatic heterocycles. The van der Waals surface area contributed by atoms with E-state index in [0.29, 0.717) is 30.8 Å². The van der Waals surface area contributed by atoms with Gasteiger partial charge in [-0.25, -0.2) is 0 Å². The standard InChI is InChI=1S/C22H33N3O4/c1-23(2)14-15-25-16-22(9-8-19(25)26)10-12-24(13-11-22)21(28)20(27)17-4-6-18(29-3)7-5-17/h4-7,20,27H,8-16H2,1-3H3/t20-/m1/s1. The monoisotopic (exact) mass is 403 g/mol. The fourth-order valence-electron chi connectivity index (χ4n) is 4.34. The first-order valence-corrected chi connectivity index (χ1v) is 10.4. The highest BCUT2D eigenvalue weighted by molar-refractivity contribution is 5.82. The molecule has 160 valence electrons. The van der Waals surface area contributed by atoms with Crippen LogP contribution in [0.2, 0.25) is 0 Å². The van der Waals surface area contributed by atoms with E-state index < -0.39 is 6.10 Å². The van der Waals surface area contributed by atoms with Crippen LogP contribution in [-0.4, -0.2) is 85.5 Å². The second-order valence-electron chi connectivity index (χ2n) is 8.62. The van der Waals surface area contributed by atoms with Crippen molar-refractivity contribution in [1.82, 2.24) is 14.7 Å². The topological polar surface area (TPSA) is 73.3 Å². The number of likely N-dealkylation sites (tertiary alicyclic amines) is 2. The third-order valence-corrected chi connectivity index (χ3v) is 6.37. The quantitative estimate of drug-likeness (QED) is 0.780. The zero-order valence-electron chi connectivity index (χ0n) is 17.8. The van der Waals surface area contributed by atoms with Gasteiger partial charge in [0.05, 0.1) is 7.11 Å². The molecule has 0 saturated carbocycles. The number of hydrogen-bond acceptors (Lipinski definition) is 5. The smallest absolute Gasteiger partial charge is 0.256 e. The third kappa shape index (κ3) is 5.08. The average Bonchev–Trinajstić information content (AvgIpc) is 2.74. The van der Waals surface area contributed by atoms with E-state index in [2.05, 4.69) is 4.90 Å². The number of likely N-dealkylation sites (N-methyl/N-ethyl adjacent to an activating group) is 1. The fourth-order valence-corrected chi connectivity index (χ4v) is 4.34. The lowest BCUT2D eigenvalue weighted by atomic mass is 9.72. The predicted octanol–water partition coefficient (Wildman–Crippen LogP) is 1.52. The van der Waals surface area contributed by atoms with E-state index in [1.54, 1.807) is 36.3 Å². The molecule has 0 radical (unpaired) electrons.